The van der Waals surface area contributed by atoms with Gasteiger partial charge in [0.1, 0.15) is 6.17 Å². The van der Waals surface area contributed by atoms with E-state index in [9.17, 15) is 9.50 Å². The van der Waals surface area contributed by atoms with Crippen molar-refractivity contribution in [2.75, 3.05) is 26.3 Å². The number of aliphatic hydroxyl groups is 1. The highest BCUT2D eigenvalue weighted by Gasteiger charge is 2.51. The van der Waals surface area contributed by atoms with Gasteiger partial charge in [0, 0.05) is 25.0 Å². The fourth-order valence-corrected chi connectivity index (χ4v) is 2.80. The zero-order valence-corrected chi connectivity index (χ0v) is 8.86. The molecule has 0 spiro atoms. The number of hydrogen-bond acceptors (Lipinski definition) is 3. The molecule has 0 radical (unpaired) electrons. The van der Waals surface area contributed by atoms with E-state index in [4.69, 9.17) is 4.74 Å². The predicted octanol–water partition coefficient (Wildman–Crippen LogP) is 0.736. The highest BCUT2D eigenvalue weighted by molar-refractivity contribution is 5.06. The Morgan fingerprint density at radius 2 is 2.33 bits per heavy atom. The first kappa shape index (κ1) is 11.0. The number of hydrogen-bond donors (Lipinski definition) is 1. The van der Waals surface area contributed by atoms with Gasteiger partial charge in [0.15, 0.2) is 0 Å². The number of alkyl halides is 1. The predicted molar refractivity (Wildman–Crippen MR) is 55.5 cm³/mol. The van der Waals surface area contributed by atoms with Crippen molar-refractivity contribution in [3.63, 3.8) is 0 Å². The molecule has 2 fully saturated rings. The molecule has 0 amide bonds. The van der Waals surface area contributed by atoms with Gasteiger partial charge < -0.3 is 9.84 Å². The average molecular weight is 215 g/mol. The molecule has 2 aliphatic heterocycles. The molecule has 3 nitrogen and oxygen atoms in total. The maximum Gasteiger partial charge on any atom is 0.115 e. The largest absolute Gasteiger partial charge is 0.394 e. The van der Waals surface area contributed by atoms with Crippen molar-refractivity contribution in [2.24, 2.45) is 0 Å². The minimum absolute atomic E-state index is 0.0291. The lowest BCUT2D eigenvalue weighted by Crippen LogP contribution is -2.41. The van der Waals surface area contributed by atoms with Crippen LogP contribution < -0.4 is 0 Å². The zero-order chi connectivity index (χ0) is 10.9. The molecule has 0 aromatic rings. The highest BCUT2D eigenvalue weighted by atomic mass is 19.1. The van der Waals surface area contributed by atoms with E-state index in [1.165, 1.54) is 0 Å². The molecule has 0 aromatic heterocycles. The van der Waals surface area contributed by atoms with Crippen LogP contribution in [0.25, 0.3) is 0 Å². The molecule has 2 rings (SSSR count). The van der Waals surface area contributed by atoms with Crippen LogP contribution in [0.2, 0.25) is 0 Å². The lowest BCUT2D eigenvalue weighted by molar-refractivity contribution is 0.0730. The summed E-state index contributed by atoms with van der Waals surface area (Å²) in [6.07, 6.45) is 2.21. The van der Waals surface area contributed by atoms with Crippen LogP contribution in [0.5, 0.6) is 0 Å². The smallest absolute Gasteiger partial charge is 0.115 e. The lowest BCUT2D eigenvalue weighted by Gasteiger charge is -2.28. The molecule has 1 N–H and O–H groups in total. The number of fused-ring (bicyclic) bond motifs is 1. The van der Waals surface area contributed by atoms with Gasteiger partial charge in [-0.25, -0.2) is 4.39 Å². The van der Waals surface area contributed by atoms with Gasteiger partial charge in [0.05, 0.1) is 19.3 Å². The number of nitrogens with zero attached hydrogens (tertiary/aromatic N) is 1. The van der Waals surface area contributed by atoms with Crippen molar-refractivity contribution in [3.05, 3.63) is 12.7 Å². The second-order valence-corrected chi connectivity index (χ2v) is 4.54. The Labute approximate surface area is 89.5 Å². The number of aliphatic hydroxyl groups excluding tert-OH is 1. The molecule has 2 aliphatic rings. The van der Waals surface area contributed by atoms with Crippen LogP contribution >= 0.6 is 0 Å². The van der Waals surface area contributed by atoms with Crippen molar-refractivity contribution in [1.29, 1.82) is 0 Å². The molecule has 0 aromatic carbocycles. The summed E-state index contributed by atoms with van der Waals surface area (Å²) in [6.45, 7) is 5.32. The van der Waals surface area contributed by atoms with Crippen molar-refractivity contribution in [3.8, 4) is 0 Å². The van der Waals surface area contributed by atoms with Crippen LogP contribution in [0.15, 0.2) is 12.7 Å². The van der Waals surface area contributed by atoms with Crippen LogP contribution in [-0.2, 0) is 4.74 Å². The summed E-state index contributed by atoms with van der Waals surface area (Å²) >= 11 is 0. The average Bonchev–Trinajstić information content (AvgIpc) is 2.67. The summed E-state index contributed by atoms with van der Waals surface area (Å²) in [5.41, 5.74) is -0.356. The fourth-order valence-electron chi connectivity index (χ4n) is 2.80. The quantitative estimate of drug-likeness (QED) is 0.702. The minimum Gasteiger partial charge on any atom is -0.394 e. The van der Waals surface area contributed by atoms with Gasteiger partial charge in [-0.05, 0) is 6.42 Å². The van der Waals surface area contributed by atoms with E-state index in [1.807, 2.05) is 4.90 Å². The Hall–Kier alpha value is -0.450. The Bertz CT molecular complexity index is 249. The van der Waals surface area contributed by atoms with E-state index < -0.39 is 6.17 Å². The maximum absolute atomic E-state index is 13.2. The first-order chi connectivity index (χ1) is 7.20. The van der Waals surface area contributed by atoms with Crippen molar-refractivity contribution < 1.29 is 14.2 Å². The number of rotatable bonds is 4. The zero-order valence-electron chi connectivity index (χ0n) is 8.86. The van der Waals surface area contributed by atoms with Crippen LogP contribution in [0, 0.1) is 0 Å². The van der Waals surface area contributed by atoms with Gasteiger partial charge in [0.25, 0.3) is 0 Å². The van der Waals surface area contributed by atoms with E-state index in [1.54, 1.807) is 6.08 Å². The molecule has 2 heterocycles. The first-order valence-corrected chi connectivity index (χ1v) is 5.43. The molecular formula is C11H18FNO2. The van der Waals surface area contributed by atoms with Crippen LogP contribution in [0.3, 0.4) is 0 Å². The normalized spacial score (nSPS) is 40.7. The van der Waals surface area contributed by atoms with Crippen LogP contribution in [0.1, 0.15) is 12.8 Å². The summed E-state index contributed by atoms with van der Waals surface area (Å²) in [7, 11) is 0. The number of ether oxygens (including phenoxy) is 1. The molecule has 86 valence electrons. The van der Waals surface area contributed by atoms with Gasteiger partial charge in [-0.1, -0.05) is 6.08 Å². The van der Waals surface area contributed by atoms with Crippen molar-refractivity contribution in [1.82, 2.24) is 4.90 Å². The summed E-state index contributed by atoms with van der Waals surface area (Å²) < 4.78 is 18.8. The number of halogens is 1. The Morgan fingerprint density at radius 3 is 2.93 bits per heavy atom. The van der Waals surface area contributed by atoms with Gasteiger partial charge in [-0.3, -0.25) is 4.90 Å². The summed E-state index contributed by atoms with van der Waals surface area (Å²) in [5, 5.41) is 9.40. The molecule has 4 heteroatoms. The summed E-state index contributed by atoms with van der Waals surface area (Å²) in [4.78, 5) is 2.03. The van der Waals surface area contributed by atoms with Crippen molar-refractivity contribution >= 4 is 0 Å². The third kappa shape index (κ3) is 1.94. The van der Waals surface area contributed by atoms with Crippen LogP contribution in [0.4, 0.5) is 4.39 Å². The standard InChI is InChI=1S/C11H18FNO2/c1-2-3-15-10-5-11(8-14)4-9(12)6-13(11)7-10/h2,9-10,14H,1,3-8H2/t9-,10?,11-/m1/s1. The minimum atomic E-state index is -0.794. The second kappa shape index (κ2) is 4.20. The van der Waals surface area contributed by atoms with E-state index >= 15 is 0 Å². The second-order valence-electron chi connectivity index (χ2n) is 4.54. The van der Waals surface area contributed by atoms with Gasteiger partial charge in [0.2, 0.25) is 0 Å². The monoisotopic (exact) mass is 215 g/mol. The summed E-state index contributed by atoms with van der Waals surface area (Å²) in [6, 6.07) is 0. The molecule has 15 heavy (non-hydrogen) atoms. The van der Waals surface area contributed by atoms with Gasteiger partial charge in [-0.15, -0.1) is 6.58 Å². The third-order valence-electron chi connectivity index (χ3n) is 3.47. The lowest BCUT2D eigenvalue weighted by atomic mass is 9.94. The van der Waals surface area contributed by atoms with Crippen LogP contribution in [-0.4, -0.2) is 54.1 Å². The molecule has 0 aliphatic carbocycles. The molecular weight excluding hydrogens is 197 g/mol. The Morgan fingerprint density at radius 1 is 1.53 bits per heavy atom. The van der Waals surface area contributed by atoms with E-state index in [0.29, 0.717) is 19.6 Å². The molecule has 2 saturated heterocycles. The third-order valence-corrected chi connectivity index (χ3v) is 3.47. The Kier molecular flexibility index (Phi) is 3.09. The van der Waals surface area contributed by atoms with Gasteiger partial charge >= 0.3 is 0 Å². The fraction of sp³-hybridized carbons (Fsp3) is 0.818. The van der Waals surface area contributed by atoms with Gasteiger partial charge in [-0.2, -0.15) is 0 Å². The van der Waals surface area contributed by atoms with Crippen molar-refractivity contribution in [2.45, 2.75) is 30.7 Å². The van der Waals surface area contributed by atoms with E-state index in [2.05, 4.69) is 6.58 Å². The summed E-state index contributed by atoms with van der Waals surface area (Å²) in [5.74, 6) is 0. The molecule has 0 bridgehead atoms. The SMILES string of the molecule is C=CCOC1CN2C[C@H](F)C[C@]2(CO)C1. The molecule has 0 saturated carbocycles. The highest BCUT2D eigenvalue weighted by Crippen LogP contribution is 2.40. The van der Waals surface area contributed by atoms with E-state index in [0.717, 1.165) is 13.0 Å². The Balaban J connectivity index is 1.97. The maximum atomic E-state index is 13.2. The topological polar surface area (TPSA) is 32.7 Å². The first-order valence-electron chi connectivity index (χ1n) is 5.43. The molecule has 3 atom stereocenters. The molecule has 1 unspecified atom stereocenters. The van der Waals surface area contributed by atoms with E-state index in [-0.39, 0.29) is 18.2 Å².